The molecule has 0 aliphatic heterocycles. The van der Waals surface area contributed by atoms with E-state index in [0.29, 0.717) is 6.04 Å². The highest BCUT2D eigenvalue weighted by Gasteiger charge is 2.26. The number of hydrogen-bond acceptors (Lipinski definition) is 2. The average molecular weight is 215 g/mol. The van der Waals surface area contributed by atoms with Gasteiger partial charge >= 0.3 is 0 Å². The van der Waals surface area contributed by atoms with Gasteiger partial charge in [-0.3, -0.25) is 0 Å². The Kier molecular flexibility index (Phi) is 2.13. The third-order valence-electron chi connectivity index (χ3n) is 3.49. The fourth-order valence-corrected chi connectivity index (χ4v) is 2.48. The average Bonchev–Trinajstić information content (AvgIpc) is 2.55. The normalized spacial score (nSPS) is 24.4. The van der Waals surface area contributed by atoms with Crippen LogP contribution in [0.5, 0.6) is 0 Å². The van der Waals surface area contributed by atoms with Crippen LogP contribution in [0, 0.1) is 5.92 Å². The highest BCUT2D eigenvalue weighted by Crippen LogP contribution is 2.29. The smallest absolute Gasteiger partial charge is 0.203 e. The molecule has 3 nitrogen and oxygen atoms in total. The first-order chi connectivity index (χ1) is 7.74. The van der Waals surface area contributed by atoms with Crippen molar-refractivity contribution >= 4 is 17.0 Å². The van der Waals surface area contributed by atoms with E-state index in [1.54, 1.807) is 0 Å². The Morgan fingerprint density at radius 1 is 1.31 bits per heavy atom. The number of aromatic nitrogens is 2. The Labute approximate surface area is 95.5 Å². The maximum Gasteiger partial charge on any atom is 0.203 e. The van der Waals surface area contributed by atoms with Gasteiger partial charge in [0.25, 0.3) is 0 Å². The van der Waals surface area contributed by atoms with Crippen LogP contribution in [0.25, 0.3) is 11.0 Å². The first-order valence-corrected chi connectivity index (χ1v) is 5.92. The molecule has 0 bridgehead atoms. The molecule has 0 amide bonds. The zero-order chi connectivity index (χ0) is 11.1. The Balaban J connectivity index is 1.89. The van der Waals surface area contributed by atoms with E-state index in [4.69, 9.17) is 0 Å². The van der Waals surface area contributed by atoms with Crippen molar-refractivity contribution in [3.05, 3.63) is 24.3 Å². The van der Waals surface area contributed by atoms with E-state index in [-0.39, 0.29) is 0 Å². The molecule has 0 saturated heterocycles. The van der Waals surface area contributed by atoms with Crippen molar-refractivity contribution in [2.45, 2.75) is 25.8 Å². The maximum atomic E-state index is 4.61. The van der Waals surface area contributed by atoms with E-state index in [0.717, 1.165) is 17.4 Å². The standard InChI is InChI=1S/C13H17N3/c1-9-7-10(8-9)14-13-15-11-5-3-4-6-12(11)16(13)2/h3-6,9-10H,7-8H2,1-2H3,(H,14,15). The number of nitrogens with one attached hydrogen (secondary N) is 1. The Bertz CT molecular complexity index is 509. The van der Waals surface area contributed by atoms with Gasteiger partial charge in [0.1, 0.15) is 0 Å². The number of fused-ring (bicyclic) bond motifs is 1. The first-order valence-electron chi connectivity index (χ1n) is 5.92. The number of nitrogens with zero attached hydrogens (tertiary/aromatic N) is 2. The first kappa shape index (κ1) is 9.70. The van der Waals surface area contributed by atoms with Gasteiger partial charge in [-0.25, -0.2) is 4.98 Å². The molecule has 3 heteroatoms. The van der Waals surface area contributed by atoms with Gasteiger partial charge in [-0.05, 0) is 30.9 Å². The largest absolute Gasteiger partial charge is 0.353 e. The topological polar surface area (TPSA) is 29.9 Å². The molecule has 3 rings (SSSR count). The van der Waals surface area contributed by atoms with Crippen LogP contribution in [-0.4, -0.2) is 15.6 Å². The summed E-state index contributed by atoms with van der Waals surface area (Å²) >= 11 is 0. The van der Waals surface area contributed by atoms with Crippen molar-refractivity contribution < 1.29 is 0 Å². The fraction of sp³-hybridized carbons (Fsp3) is 0.462. The molecule has 0 atom stereocenters. The quantitative estimate of drug-likeness (QED) is 0.834. The van der Waals surface area contributed by atoms with E-state index >= 15 is 0 Å². The van der Waals surface area contributed by atoms with Crippen molar-refractivity contribution in [2.75, 3.05) is 5.32 Å². The molecule has 2 aromatic rings. The Morgan fingerprint density at radius 2 is 2.06 bits per heavy atom. The fourth-order valence-electron chi connectivity index (χ4n) is 2.48. The molecule has 1 fully saturated rings. The van der Waals surface area contributed by atoms with Crippen molar-refractivity contribution in [2.24, 2.45) is 13.0 Å². The maximum absolute atomic E-state index is 4.61. The minimum absolute atomic E-state index is 0.616. The molecule has 1 N–H and O–H groups in total. The van der Waals surface area contributed by atoms with Gasteiger partial charge in [0.2, 0.25) is 5.95 Å². The van der Waals surface area contributed by atoms with Crippen LogP contribution in [0.2, 0.25) is 0 Å². The summed E-state index contributed by atoms with van der Waals surface area (Å²) in [5.74, 6) is 1.87. The van der Waals surface area contributed by atoms with Crippen LogP contribution in [0.15, 0.2) is 24.3 Å². The molecule has 0 unspecified atom stereocenters. The van der Waals surface area contributed by atoms with E-state index in [1.165, 1.54) is 18.4 Å². The number of rotatable bonds is 2. The lowest BCUT2D eigenvalue weighted by Gasteiger charge is -2.33. The number of aryl methyl sites for hydroxylation is 1. The molecule has 16 heavy (non-hydrogen) atoms. The lowest BCUT2D eigenvalue weighted by molar-refractivity contribution is 0.307. The summed E-state index contributed by atoms with van der Waals surface area (Å²) in [7, 11) is 2.07. The summed E-state index contributed by atoms with van der Waals surface area (Å²) in [5.41, 5.74) is 2.26. The van der Waals surface area contributed by atoms with Crippen LogP contribution in [0.1, 0.15) is 19.8 Å². The van der Waals surface area contributed by atoms with Gasteiger partial charge in [-0.1, -0.05) is 19.1 Å². The monoisotopic (exact) mass is 215 g/mol. The predicted octanol–water partition coefficient (Wildman–Crippen LogP) is 2.78. The SMILES string of the molecule is CC1CC(Nc2nc3ccccc3n2C)C1. The highest BCUT2D eigenvalue weighted by atomic mass is 15.2. The minimum atomic E-state index is 0.616. The van der Waals surface area contributed by atoms with Crippen LogP contribution >= 0.6 is 0 Å². The Hall–Kier alpha value is -1.51. The summed E-state index contributed by atoms with van der Waals surface area (Å²) in [4.78, 5) is 4.61. The van der Waals surface area contributed by atoms with Gasteiger partial charge in [0.05, 0.1) is 11.0 Å². The molecule has 1 aromatic carbocycles. The summed E-state index contributed by atoms with van der Waals surface area (Å²) < 4.78 is 2.14. The molecule has 84 valence electrons. The van der Waals surface area contributed by atoms with Gasteiger partial charge in [0, 0.05) is 13.1 Å². The zero-order valence-electron chi connectivity index (χ0n) is 9.77. The third kappa shape index (κ3) is 1.47. The van der Waals surface area contributed by atoms with E-state index < -0.39 is 0 Å². The third-order valence-corrected chi connectivity index (χ3v) is 3.49. The van der Waals surface area contributed by atoms with Crippen molar-refractivity contribution in [1.29, 1.82) is 0 Å². The number of hydrogen-bond donors (Lipinski definition) is 1. The number of benzene rings is 1. The number of para-hydroxylation sites is 2. The molecule has 1 saturated carbocycles. The molecule has 0 spiro atoms. The second-order valence-corrected chi connectivity index (χ2v) is 4.90. The molecule has 1 aromatic heterocycles. The highest BCUT2D eigenvalue weighted by molar-refractivity contribution is 5.78. The summed E-state index contributed by atoms with van der Waals surface area (Å²) in [6, 6.07) is 8.87. The van der Waals surface area contributed by atoms with Crippen LogP contribution in [-0.2, 0) is 7.05 Å². The molecule has 1 aliphatic carbocycles. The van der Waals surface area contributed by atoms with Crippen LogP contribution in [0.4, 0.5) is 5.95 Å². The summed E-state index contributed by atoms with van der Waals surface area (Å²) in [6.07, 6.45) is 2.53. The van der Waals surface area contributed by atoms with Gasteiger partial charge in [0.15, 0.2) is 0 Å². The van der Waals surface area contributed by atoms with E-state index in [9.17, 15) is 0 Å². The number of imidazole rings is 1. The second kappa shape index (κ2) is 3.51. The minimum Gasteiger partial charge on any atom is -0.353 e. The van der Waals surface area contributed by atoms with Gasteiger partial charge in [-0.15, -0.1) is 0 Å². The van der Waals surface area contributed by atoms with Gasteiger partial charge in [-0.2, -0.15) is 0 Å². The summed E-state index contributed by atoms with van der Waals surface area (Å²) in [6.45, 7) is 2.30. The van der Waals surface area contributed by atoms with Crippen molar-refractivity contribution in [3.8, 4) is 0 Å². The predicted molar refractivity (Wildman–Crippen MR) is 66.5 cm³/mol. The van der Waals surface area contributed by atoms with Crippen LogP contribution in [0.3, 0.4) is 0 Å². The van der Waals surface area contributed by atoms with E-state index in [2.05, 4.69) is 47.0 Å². The van der Waals surface area contributed by atoms with Crippen molar-refractivity contribution in [3.63, 3.8) is 0 Å². The lowest BCUT2D eigenvalue weighted by atomic mass is 9.82. The zero-order valence-corrected chi connectivity index (χ0v) is 9.77. The summed E-state index contributed by atoms with van der Waals surface area (Å²) in [5, 5.41) is 3.52. The van der Waals surface area contributed by atoms with Crippen molar-refractivity contribution in [1.82, 2.24) is 9.55 Å². The molecule has 1 heterocycles. The van der Waals surface area contributed by atoms with E-state index in [1.807, 2.05) is 6.07 Å². The lowest BCUT2D eigenvalue weighted by Crippen LogP contribution is -2.34. The Morgan fingerprint density at radius 3 is 2.75 bits per heavy atom. The number of anilines is 1. The van der Waals surface area contributed by atoms with Crippen LogP contribution < -0.4 is 5.32 Å². The molecule has 1 aliphatic rings. The molecule has 0 radical (unpaired) electrons. The molecular formula is C13H17N3. The second-order valence-electron chi connectivity index (χ2n) is 4.90. The van der Waals surface area contributed by atoms with Gasteiger partial charge < -0.3 is 9.88 Å². The molecular weight excluding hydrogens is 198 g/mol.